The van der Waals surface area contributed by atoms with Gasteiger partial charge in [-0.1, -0.05) is 0 Å². The van der Waals surface area contributed by atoms with Gasteiger partial charge in [0.15, 0.2) is 0 Å². The Bertz CT molecular complexity index is 333. The molecule has 7 heteroatoms. The third kappa shape index (κ3) is 5.67. The van der Waals surface area contributed by atoms with Gasteiger partial charge in [-0.2, -0.15) is 13.2 Å². The molecule has 1 atom stereocenters. The zero-order valence-electron chi connectivity index (χ0n) is 8.17. The first kappa shape index (κ1) is 15.7. The lowest BCUT2D eigenvalue weighted by Gasteiger charge is -2.13. The lowest BCUT2D eigenvalue weighted by molar-refractivity contribution is -0.136. The molecule has 0 radical (unpaired) electrons. The van der Waals surface area contributed by atoms with Gasteiger partial charge in [0, 0.05) is 29.3 Å². The van der Waals surface area contributed by atoms with Crippen molar-refractivity contribution in [2.45, 2.75) is 25.1 Å². The molecule has 0 fully saturated rings. The standard InChI is InChI=1S/C9H10BrF3N2.ClH/c10-7-3-6(4-15-5-7)8(14)1-2-9(11,12)13;/h3-5,8H,1-2,14H2;1H/t8-;/m1./s1. The maximum Gasteiger partial charge on any atom is 0.389 e. The maximum atomic E-state index is 11.9. The molecular weight excluding hydrogens is 308 g/mol. The number of rotatable bonds is 3. The van der Waals surface area contributed by atoms with E-state index in [4.69, 9.17) is 5.73 Å². The van der Waals surface area contributed by atoms with Crippen molar-refractivity contribution in [3.63, 3.8) is 0 Å². The smallest absolute Gasteiger partial charge is 0.324 e. The molecular formula is C9H11BrClF3N2. The molecule has 0 saturated heterocycles. The first-order chi connectivity index (χ1) is 6.88. The molecule has 1 heterocycles. The van der Waals surface area contributed by atoms with Gasteiger partial charge in [-0.25, -0.2) is 0 Å². The Morgan fingerprint density at radius 1 is 1.38 bits per heavy atom. The van der Waals surface area contributed by atoms with Gasteiger partial charge in [-0.15, -0.1) is 12.4 Å². The molecule has 0 aliphatic heterocycles. The SMILES string of the molecule is Cl.N[C@H](CCC(F)(F)F)c1cncc(Br)c1. The van der Waals surface area contributed by atoms with E-state index in [0.717, 1.165) is 0 Å². The number of hydrogen-bond acceptors (Lipinski definition) is 2. The number of alkyl halides is 3. The normalized spacial score (nSPS) is 13.1. The highest BCUT2D eigenvalue weighted by atomic mass is 79.9. The van der Waals surface area contributed by atoms with Crippen molar-refractivity contribution >= 4 is 28.3 Å². The van der Waals surface area contributed by atoms with Crippen LogP contribution in [0.4, 0.5) is 13.2 Å². The third-order valence-electron chi connectivity index (χ3n) is 1.89. The van der Waals surface area contributed by atoms with Gasteiger partial charge in [0.25, 0.3) is 0 Å². The van der Waals surface area contributed by atoms with Crippen LogP contribution in [0.15, 0.2) is 22.9 Å². The Morgan fingerprint density at radius 2 is 2.00 bits per heavy atom. The van der Waals surface area contributed by atoms with Crippen LogP contribution in [0.1, 0.15) is 24.4 Å². The average molecular weight is 320 g/mol. The molecule has 0 saturated carbocycles. The summed E-state index contributed by atoms with van der Waals surface area (Å²) in [6.45, 7) is 0. The van der Waals surface area contributed by atoms with E-state index < -0.39 is 18.6 Å². The Morgan fingerprint density at radius 3 is 2.50 bits per heavy atom. The van der Waals surface area contributed by atoms with Gasteiger partial charge < -0.3 is 5.73 Å². The highest BCUT2D eigenvalue weighted by Crippen LogP contribution is 2.26. The average Bonchev–Trinajstić information content (AvgIpc) is 2.13. The van der Waals surface area contributed by atoms with E-state index in [1.54, 1.807) is 12.3 Å². The van der Waals surface area contributed by atoms with Crippen LogP contribution < -0.4 is 5.73 Å². The van der Waals surface area contributed by atoms with Crippen LogP contribution in [-0.2, 0) is 0 Å². The number of hydrogen-bond donors (Lipinski definition) is 1. The molecule has 0 unspecified atom stereocenters. The second kappa shape index (κ2) is 6.42. The molecule has 0 spiro atoms. The minimum Gasteiger partial charge on any atom is -0.324 e. The lowest BCUT2D eigenvalue weighted by atomic mass is 10.1. The van der Waals surface area contributed by atoms with Crippen LogP contribution in [0.25, 0.3) is 0 Å². The molecule has 92 valence electrons. The van der Waals surface area contributed by atoms with Crippen LogP contribution in [-0.4, -0.2) is 11.2 Å². The number of nitrogens with two attached hydrogens (primary N) is 1. The Kier molecular flexibility index (Phi) is 6.28. The summed E-state index contributed by atoms with van der Waals surface area (Å²) in [6, 6.07) is 1.05. The fraction of sp³-hybridized carbons (Fsp3) is 0.444. The molecule has 1 aromatic heterocycles. The van der Waals surface area contributed by atoms with E-state index in [9.17, 15) is 13.2 Å². The first-order valence-electron chi connectivity index (χ1n) is 4.31. The van der Waals surface area contributed by atoms with Crippen molar-refractivity contribution in [2.75, 3.05) is 0 Å². The first-order valence-corrected chi connectivity index (χ1v) is 5.10. The summed E-state index contributed by atoms with van der Waals surface area (Å²) in [7, 11) is 0. The number of pyridine rings is 1. The van der Waals surface area contributed by atoms with Crippen molar-refractivity contribution in [1.82, 2.24) is 4.98 Å². The molecule has 0 aromatic carbocycles. The Hall–Kier alpha value is -0.330. The fourth-order valence-electron chi connectivity index (χ4n) is 1.12. The zero-order valence-corrected chi connectivity index (χ0v) is 10.6. The molecule has 0 aliphatic carbocycles. The largest absolute Gasteiger partial charge is 0.389 e. The highest BCUT2D eigenvalue weighted by molar-refractivity contribution is 9.10. The van der Waals surface area contributed by atoms with Gasteiger partial charge in [-0.3, -0.25) is 4.98 Å². The summed E-state index contributed by atoms with van der Waals surface area (Å²) < 4.78 is 36.5. The van der Waals surface area contributed by atoms with E-state index in [0.29, 0.717) is 10.0 Å². The summed E-state index contributed by atoms with van der Waals surface area (Å²) in [6.07, 6.45) is -2.12. The molecule has 0 aliphatic rings. The minimum atomic E-state index is -4.16. The summed E-state index contributed by atoms with van der Waals surface area (Å²) in [5, 5.41) is 0. The minimum absolute atomic E-state index is 0. The van der Waals surface area contributed by atoms with Gasteiger partial charge in [0.1, 0.15) is 0 Å². The van der Waals surface area contributed by atoms with E-state index in [2.05, 4.69) is 20.9 Å². The maximum absolute atomic E-state index is 11.9. The van der Waals surface area contributed by atoms with Crippen molar-refractivity contribution in [3.05, 3.63) is 28.5 Å². The van der Waals surface area contributed by atoms with E-state index in [1.807, 2.05) is 0 Å². The topological polar surface area (TPSA) is 38.9 Å². The predicted octanol–water partition coefficient (Wildman–Crippen LogP) is 3.61. The number of halogens is 5. The predicted molar refractivity (Wildman–Crippen MR) is 61.4 cm³/mol. The van der Waals surface area contributed by atoms with Crippen molar-refractivity contribution in [1.29, 1.82) is 0 Å². The lowest BCUT2D eigenvalue weighted by Crippen LogP contribution is -2.15. The van der Waals surface area contributed by atoms with E-state index >= 15 is 0 Å². The van der Waals surface area contributed by atoms with Crippen LogP contribution >= 0.6 is 28.3 Å². The Labute approximate surface area is 106 Å². The Balaban J connectivity index is 0.00000225. The number of aromatic nitrogens is 1. The highest BCUT2D eigenvalue weighted by Gasteiger charge is 2.27. The molecule has 0 bridgehead atoms. The second-order valence-electron chi connectivity index (χ2n) is 3.20. The van der Waals surface area contributed by atoms with Gasteiger partial charge in [-0.05, 0) is 34.0 Å². The monoisotopic (exact) mass is 318 g/mol. The van der Waals surface area contributed by atoms with Gasteiger partial charge >= 0.3 is 6.18 Å². The van der Waals surface area contributed by atoms with Gasteiger partial charge in [0.2, 0.25) is 0 Å². The van der Waals surface area contributed by atoms with Crippen LogP contribution in [0.3, 0.4) is 0 Å². The molecule has 2 nitrogen and oxygen atoms in total. The molecule has 1 aromatic rings. The van der Waals surface area contributed by atoms with Crippen molar-refractivity contribution < 1.29 is 13.2 Å². The molecule has 0 amide bonds. The summed E-state index contributed by atoms with van der Waals surface area (Å²) in [5.74, 6) is 0. The molecule has 1 rings (SSSR count). The number of nitrogens with zero attached hydrogens (tertiary/aromatic N) is 1. The van der Waals surface area contributed by atoms with Gasteiger partial charge in [0.05, 0.1) is 0 Å². The van der Waals surface area contributed by atoms with Crippen LogP contribution in [0, 0.1) is 0 Å². The molecule has 2 N–H and O–H groups in total. The molecule has 16 heavy (non-hydrogen) atoms. The van der Waals surface area contributed by atoms with Crippen LogP contribution in [0.2, 0.25) is 0 Å². The van der Waals surface area contributed by atoms with Crippen molar-refractivity contribution in [2.24, 2.45) is 5.73 Å². The third-order valence-corrected chi connectivity index (χ3v) is 2.33. The van der Waals surface area contributed by atoms with Crippen molar-refractivity contribution in [3.8, 4) is 0 Å². The quantitative estimate of drug-likeness (QED) is 0.924. The summed E-state index contributed by atoms with van der Waals surface area (Å²) in [4.78, 5) is 3.84. The summed E-state index contributed by atoms with van der Waals surface area (Å²) in [5.41, 5.74) is 6.22. The second-order valence-corrected chi connectivity index (χ2v) is 4.11. The van der Waals surface area contributed by atoms with Crippen LogP contribution in [0.5, 0.6) is 0 Å². The fourth-order valence-corrected chi connectivity index (χ4v) is 1.50. The summed E-state index contributed by atoms with van der Waals surface area (Å²) >= 11 is 3.18. The van der Waals surface area contributed by atoms with E-state index in [1.165, 1.54) is 6.20 Å². The zero-order chi connectivity index (χ0) is 11.5. The van der Waals surface area contributed by atoms with E-state index in [-0.39, 0.29) is 18.8 Å².